The highest BCUT2D eigenvalue weighted by Crippen LogP contribution is 2.14. The van der Waals surface area contributed by atoms with E-state index in [-0.39, 0.29) is 0 Å². The van der Waals surface area contributed by atoms with E-state index in [1.165, 1.54) is 24.3 Å². The molecule has 0 saturated carbocycles. The first-order valence-corrected chi connectivity index (χ1v) is 6.01. The van der Waals surface area contributed by atoms with Gasteiger partial charge in [-0.15, -0.1) is 0 Å². The topological polar surface area (TPSA) is 95.4 Å². The minimum atomic E-state index is -0.528. The van der Waals surface area contributed by atoms with Crippen LogP contribution in [0.2, 0.25) is 0 Å². The van der Waals surface area contributed by atoms with Crippen LogP contribution in [0.15, 0.2) is 48.5 Å². The molecule has 2 aromatic rings. The highest BCUT2D eigenvalue weighted by atomic mass is 16.5. The molecule has 4 N–H and O–H groups in total. The summed E-state index contributed by atoms with van der Waals surface area (Å²) in [5, 5.41) is 0. The number of amides is 1. The van der Waals surface area contributed by atoms with Gasteiger partial charge in [-0.05, 0) is 42.0 Å². The van der Waals surface area contributed by atoms with Crippen molar-refractivity contribution >= 4 is 11.9 Å². The Morgan fingerprint density at radius 2 is 1.45 bits per heavy atom. The molecule has 0 saturated heterocycles. The van der Waals surface area contributed by atoms with E-state index in [1.54, 1.807) is 24.3 Å². The number of benzene rings is 2. The van der Waals surface area contributed by atoms with Crippen LogP contribution in [0, 0.1) is 0 Å². The first-order valence-electron chi connectivity index (χ1n) is 6.01. The van der Waals surface area contributed by atoms with E-state index in [0.29, 0.717) is 23.4 Å². The fourth-order valence-electron chi connectivity index (χ4n) is 1.63. The van der Waals surface area contributed by atoms with Crippen molar-refractivity contribution in [3.8, 4) is 5.75 Å². The van der Waals surface area contributed by atoms with Crippen molar-refractivity contribution in [1.82, 2.24) is 0 Å². The maximum Gasteiger partial charge on any atom is 0.343 e. The predicted molar refractivity (Wildman–Crippen MR) is 74.3 cm³/mol. The first-order chi connectivity index (χ1) is 9.60. The summed E-state index contributed by atoms with van der Waals surface area (Å²) >= 11 is 0. The number of nitrogens with two attached hydrogens (primary N) is 2. The van der Waals surface area contributed by atoms with Crippen LogP contribution in [0.3, 0.4) is 0 Å². The van der Waals surface area contributed by atoms with Gasteiger partial charge in [-0.3, -0.25) is 4.79 Å². The van der Waals surface area contributed by atoms with Crippen LogP contribution in [-0.2, 0) is 6.54 Å². The number of primary amides is 1. The van der Waals surface area contributed by atoms with Crippen molar-refractivity contribution in [3.05, 3.63) is 65.2 Å². The molecule has 0 spiro atoms. The second-order valence-electron chi connectivity index (χ2n) is 4.18. The molecule has 0 radical (unpaired) electrons. The number of carbonyl (C=O) groups is 2. The third-order valence-corrected chi connectivity index (χ3v) is 2.77. The number of hydrogen-bond acceptors (Lipinski definition) is 4. The van der Waals surface area contributed by atoms with Gasteiger partial charge < -0.3 is 16.2 Å². The summed E-state index contributed by atoms with van der Waals surface area (Å²) in [5.74, 6) is -0.649. The molecular formula is C15H14N2O3. The number of rotatable bonds is 4. The monoisotopic (exact) mass is 270 g/mol. The van der Waals surface area contributed by atoms with E-state index in [9.17, 15) is 9.59 Å². The Morgan fingerprint density at radius 3 is 1.95 bits per heavy atom. The normalized spacial score (nSPS) is 10.1. The molecule has 0 aliphatic heterocycles. The molecule has 0 heterocycles. The van der Waals surface area contributed by atoms with Gasteiger partial charge in [0, 0.05) is 12.1 Å². The van der Waals surface area contributed by atoms with Gasteiger partial charge in [-0.2, -0.15) is 0 Å². The summed E-state index contributed by atoms with van der Waals surface area (Å²) in [4.78, 5) is 22.8. The third-order valence-electron chi connectivity index (χ3n) is 2.77. The largest absolute Gasteiger partial charge is 0.423 e. The van der Waals surface area contributed by atoms with E-state index in [2.05, 4.69) is 0 Å². The smallest absolute Gasteiger partial charge is 0.343 e. The van der Waals surface area contributed by atoms with E-state index in [1.807, 2.05) is 0 Å². The lowest BCUT2D eigenvalue weighted by Crippen LogP contribution is -2.11. The van der Waals surface area contributed by atoms with Crippen LogP contribution in [0.25, 0.3) is 0 Å². The lowest BCUT2D eigenvalue weighted by molar-refractivity contribution is 0.0734. The van der Waals surface area contributed by atoms with Crippen LogP contribution in [0.1, 0.15) is 26.3 Å². The SMILES string of the molecule is NCc1ccc(C(=O)Oc2ccc(C(N)=O)cc2)cc1. The maximum absolute atomic E-state index is 11.9. The molecule has 0 unspecified atom stereocenters. The standard InChI is InChI=1S/C15H14N2O3/c16-9-10-1-3-12(4-2-10)15(19)20-13-7-5-11(6-8-13)14(17)18/h1-8H,9,16H2,(H2,17,18). The van der Waals surface area contributed by atoms with Gasteiger partial charge in [-0.1, -0.05) is 12.1 Å². The number of carbonyl (C=O) groups excluding carboxylic acids is 2. The Kier molecular flexibility index (Phi) is 4.12. The fraction of sp³-hybridized carbons (Fsp3) is 0.0667. The first kappa shape index (κ1) is 13.8. The number of ether oxygens (including phenoxy) is 1. The molecule has 102 valence electrons. The Hall–Kier alpha value is -2.66. The zero-order valence-electron chi connectivity index (χ0n) is 10.7. The summed E-state index contributed by atoms with van der Waals surface area (Å²) in [6, 6.07) is 12.9. The Labute approximate surface area is 116 Å². The third kappa shape index (κ3) is 3.21. The van der Waals surface area contributed by atoms with E-state index >= 15 is 0 Å². The minimum Gasteiger partial charge on any atom is -0.423 e. The molecule has 0 aliphatic carbocycles. The number of esters is 1. The molecule has 0 bridgehead atoms. The summed E-state index contributed by atoms with van der Waals surface area (Å²) < 4.78 is 5.19. The maximum atomic E-state index is 11.9. The van der Waals surface area contributed by atoms with Gasteiger partial charge in [-0.25, -0.2) is 4.79 Å². The van der Waals surface area contributed by atoms with Crippen molar-refractivity contribution in [2.45, 2.75) is 6.54 Å². The van der Waals surface area contributed by atoms with E-state index in [4.69, 9.17) is 16.2 Å². The van der Waals surface area contributed by atoms with Crippen molar-refractivity contribution in [1.29, 1.82) is 0 Å². The summed E-state index contributed by atoms with van der Waals surface area (Å²) in [7, 11) is 0. The highest BCUT2D eigenvalue weighted by molar-refractivity contribution is 5.93. The van der Waals surface area contributed by atoms with Crippen molar-refractivity contribution in [3.63, 3.8) is 0 Å². The Bertz CT molecular complexity index is 619. The Morgan fingerprint density at radius 1 is 0.900 bits per heavy atom. The van der Waals surface area contributed by atoms with Gasteiger partial charge >= 0.3 is 5.97 Å². The summed E-state index contributed by atoms with van der Waals surface area (Å²) in [6.07, 6.45) is 0. The molecule has 2 rings (SSSR count). The summed E-state index contributed by atoms with van der Waals surface area (Å²) in [6.45, 7) is 0.421. The van der Waals surface area contributed by atoms with Crippen LogP contribution in [0.4, 0.5) is 0 Å². The van der Waals surface area contributed by atoms with E-state index < -0.39 is 11.9 Å². The Balaban J connectivity index is 2.08. The highest BCUT2D eigenvalue weighted by Gasteiger charge is 2.09. The lowest BCUT2D eigenvalue weighted by atomic mass is 10.1. The molecule has 0 aliphatic rings. The zero-order valence-corrected chi connectivity index (χ0v) is 10.7. The molecule has 0 atom stereocenters. The molecular weight excluding hydrogens is 256 g/mol. The van der Waals surface area contributed by atoms with Crippen molar-refractivity contribution in [2.24, 2.45) is 11.5 Å². The zero-order chi connectivity index (χ0) is 14.5. The van der Waals surface area contributed by atoms with Gasteiger partial charge in [0.2, 0.25) is 5.91 Å². The van der Waals surface area contributed by atoms with Gasteiger partial charge in [0.1, 0.15) is 5.75 Å². The molecule has 20 heavy (non-hydrogen) atoms. The van der Waals surface area contributed by atoms with Crippen LogP contribution in [-0.4, -0.2) is 11.9 Å². The van der Waals surface area contributed by atoms with Crippen molar-refractivity contribution < 1.29 is 14.3 Å². The fourth-order valence-corrected chi connectivity index (χ4v) is 1.63. The quantitative estimate of drug-likeness (QED) is 0.649. The second kappa shape index (κ2) is 5.99. The van der Waals surface area contributed by atoms with Crippen LogP contribution >= 0.6 is 0 Å². The number of hydrogen-bond donors (Lipinski definition) is 2. The van der Waals surface area contributed by atoms with Crippen molar-refractivity contribution in [2.75, 3.05) is 0 Å². The van der Waals surface area contributed by atoms with E-state index in [0.717, 1.165) is 5.56 Å². The summed E-state index contributed by atoms with van der Waals surface area (Å²) in [5.41, 5.74) is 12.3. The molecule has 1 amide bonds. The predicted octanol–water partition coefficient (Wildman–Crippen LogP) is 1.46. The van der Waals surface area contributed by atoms with Gasteiger partial charge in [0.15, 0.2) is 0 Å². The van der Waals surface area contributed by atoms with Gasteiger partial charge in [0.05, 0.1) is 5.56 Å². The molecule has 0 fully saturated rings. The molecule has 5 nitrogen and oxygen atoms in total. The molecule has 5 heteroatoms. The second-order valence-corrected chi connectivity index (χ2v) is 4.18. The van der Waals surface area contributed by atoms with Crippen LogP contribution < -0.4 is 16.2 Å². The minimum absolute atomic E-state index is 0.350. The van der Waals surface area contributed by atoms with Gasteiger partial charge in [0.25, 0.3) is 0 Å². The average Bonchev–Trinajstić information content (AvgIpc) is 2.48. The average molecular weight is 270 g/mol. The molecule has 2 aromatic carbocycles. The van der Waals surface area contributed by atoms with Crippen LogP contribution in [0.5, 0.6) is 5.75 Å². The lowest BCUT2D eigenvalue weighted by Gasteiger charge is -2.05. The molecule has 0 aromatic heterocycles.